The average Bonchev–Trinajstić information content (AvgIpc) is 2.65. The maximum Gasteiger partial charge on any atom is 0.0645 e. The molecule has 1 aromatic carbocycles. The Morgan fingerprint density at radius 1 is 1.50 bits per heavy atom. The molecule has 14 heavy (non-hydrogen) atoms. The van der Waals surface area contributed by atoms with Crippen molar-refractivity contribution in [2.45, 2.75) is 6.04 Å². The molecule has 1 N–H and O–H groups in total. The molecule has 0 saturated carbocycles. The Bertz CT molecular complexity index is 369. The molecule has 0 unspecified atom stereocenters. The number of benzene rings is 1. The number of hydrogen-bond donors (Lipinski definition) is 1. The van der Waals surface area contributed by atoms with Crippen LogP contribution >= 0.6 is 23.4 Å². The fraction of sp³-hybridized carbons (Fsp3) is 0.400. The first-order valence-electron chi connectivity index (χ1n) is 4.72. The van der Waals surface area contributed by atoms with Gasteiger partial charge in [0.1, 0.15) is 0 Å². The van der Waals surface area contributed by atoms with Gasteiger partial charge in [-0.3, -0.25) is 0 Å². The lowest BCUT2D eigenvalue weighted by atomic mass is 10.1. The van der Waals surface area contributed by atoms with Crippen molar-refractivity contribution in [3.63, 3.8) is 0 Å². The zero-order chi connectivity index (χ0) is 9.54. The van der Waals surface area contributed by atoms with Crippen molar-refractivity contribution in [1.82, 2.24) is 0 Å². The van der Waals surface area contributed by atoms with Crippen LogP contribution in [-0.2, 0) is 0 Å². The van der Waals surface area contributed by atoms with Crippen LogP contribution in [0.4, 0.5) is 11.4 Å². The molecule has 0 spiro atoms. The highest BCUT2D eigenvalue weighted by atomic mass is 35.5. The largest absolute Gasteiger partial charge is 0.381 e. The number of halogens is 1. The molecule has 3 rings (SSSR count). The summed E-state index contributed by atoms with van der Waals surface area (Å²) in [5.41, 5.74) is 2.48. The molecule has 0 amide bonds. The molecule has 74 valence electrons. The Kier molecular flexibility index (Phi) is 2.03. The van der Waals surface area contributed by atoms with E-state index in [4.69, 9.17) is 11.6 Å². The van der Waals surface area contributed by atoms with E-state index in [1.54, 1.807) is 0 Å². The van der Waals surface area contributed by atoms with E-state index in [1.807, 2.05) is 23.9 Å². The van der Waals surface area contributed by atoms with E-state index in [9.17, 15) is 0 Å². The summed E-state index contributed by atoms with van der Waals surface area (Å²) in [5, 5.41) is 4.24. The number of thioether (sulfide) groups is 1. The Morgan fingerprint density at radius 2 is 2.43 bits per heavy atom. The first-order chi connectivity index (χ1) is 6.84. The van der Waals surface area contributed by atoms with E-state index < -0.39 is 0 Å². The predicted octanol–water partition coefficient (Wildman–Crippen LogP) is 2.64. The zero-order valence-electron chi connectivity index (χ0n) is 7.66. The molecule has 0 bridgehead atoms. The van der Waals surface area contributed by atoms with E-state index in [1.165, 1.54) is 17.1 Å². The molecule has 1 atom stereocenters. The number of anilines is 2. The van der Waals surface area contributed by atoms with Gasteiger partial charge in [-0.1, -0.05) is 11.6 Å². The Morgan fingerprint density at radius 3 is 3.36 bits per heavy atom. The second-order valence-corrected chi connectivity index (χ2v) is 5.10. The normalized spacial score (nSPS) is 24.1. The van der Waals surface area contributed by atoms with Crippen molar-refractivity contribution in [3.05, 3.63) is 23.2 Å². The van der Waals surface area contributed by atoms with Crippen molar-refractivity contribution in [2.75, 3.05) is 28.4 Å². The molecular formula is C10H11ClN2S. The Labute approximate surface area is 92.6 Å². The first-order valence-corrected chi connectivity index (χ1v) is 6.26. The van der Waals surface area contributed by atoms with Gasteiger partial charge in [-0.15, -0.1) is 11.8 Å². The van der Waals surface area contributed by atoms with E-state index >= 15 is 0 Å². The third-order valence-electron chi connectivity index (χ3n) is 2.78. The van der Waals surface area contributed by atoms with Crippen LogP contribution in [0.1, 0.15) is 0 Å². The van der Waals surface area contributed by atoms with E-state index in [0.717, 1.165) is 17.4 Å². The fourth-order valence-corrected chi connectivity index (χ4v) is 3.44. The quantitative estimate of drug-likeness (QED) is 0.732. The van der Waals surface area contributed by atoms with Crippen LogP contribution in [0.15, 0.2) is 18.2 Å². The topological polar surface area (TPSA) is 15.3 Å². The van der Waals surface area contributed by atoms with Gasteiger partial charge >= 0.3 is 0 Å². The van der Waals surface area contributed by atoms with Crippen LogP contribution in [0.5, 0.6) is 0 Å². The van der Waals surface area contributed by atoms with Gasteiger partial charge < -0.3 is 10.2 Å². The Balaban J connectivity index is 2.05. The molecule has 0 aliphatic carbocycles. The summed E-state index contributed by atoms with van der Waals surface area (Å²) in [6, 6.07) is 6.75. The van der Waals surface area contributed by atoms with Gasteiger partial charge in [0.2, 0.25) is 0 Å². The van der Waals surface area contributed by atoms with Crippen LogP contribution in [-0.4, -0.2) is 24.2 Å². The van der Waals surface area contributed by atoms with Gasteiger partial charge in [-0.2, -0.15) is 0 Å². The van der Waals surface area contributed by atoms with E-state index in [2.05, 4.69) is 16.3 Å². The van der Waals surface area contributed by atoms with Crippen molar-refractivity contribution in [2.24, 2.45) is 0 Å². The van der Waals surface area contributed by atoms with Crippen LogP contribution in [0, 0.1) is 0 Å². The Hall–Kier alpha value is -0.540. The molecule has 1 saturated heterocycles. The summed E-state index contributed by atoms with van der Waals surface area (Å²) in [7, 11) is 0. The summed E-state index contributed by atoms with van der Waals surface area (Å²) in [6.45, 7) is 1.04. The second-order valence-electron chi connectivity index (χ2n) is 3.67. The monoisotopic (exact) mass is 226 g/mol. The molecule has 2 heterocycles. The maximum absolute atomic E-state index is 5.96. The molecule has 1 aromatic rings. The zero-order valence-corrected chi connectivity index (χ0v) is 9.24. The van der Waals surface area contributed by atoms with Gasteiger partial charge in [0.25, 0.3) is 0 Å². The molecule has 2 aliphatic heterocycles. The van der Waals surface area contributed by atoms with E-state index in [-0.39, 0.29) is 0 Å². The molecule has 2 nitrogen and oxygen atoms in total. The number of nitrogens with one attached hydrogen (secondary N) is 1. The second kappa shape index (κ2) is 3.24. The molecule has 1 fully saturated rings. The molecule has 0 aromatic heterocycles. The van der Waals surface area contributed by atoms with Gasteiger partial charge in [0.05, 0.1) is 23.3 Å². The van der Waals surface area contributed by atoms with Gasteiger partial charge in [0, 0.05) is 17.3 Å². The highest BCUT2D eigenvalue weighted by Gasteiger charge is 2.30. The maximum atomic E-state index is 5.96. The minimum Gasteiger partial charge on any atom is -0.381 e. The molecule has 4 heteroatoms. The minimum atomic E-state index is 0.661. The third kappa shape index (κ3) is 1.27. The molecule has 0 radical (unpaired) electrons. The summed E-state index contributed by atoms with van der Waals surface area (Å²) in [5.74, 6) is 2.34. The fourth-order valence-electron chi connectivity index (χ4n) is 2.05. The summed E-state index contributed by atoms with van der Waals surface area (Å²) < 4.78 is 0. The highest BCUT2D eigenvalue weighted by molar-refractivity contribution is 7.99. The number of rotatable bonds is 0. The average molecular weight is 227 g/mol. The number of fused-ring (bicyclic) bond motifs is 3. The molecular weight excluding hydrogens is 216 g/mol. The minimum absolute atomic E-state index is 0.661. The van der Waals surface area contributed by atoms with Crippen molar-refractivity contribution in [1.29, 1.82) is 0 Å². The van der Waals surface area contributed by atoms with Crippen molar-refractivity contribution >= 4 is 34.7 Å². The highest BCUT2D eigenvalue weighted by Crippen LogP contribution is 2.38. The third-order valence-corrected chi connectivity index (χ3v) is 4.09. The smallest absolute Gasteiger partial charge is 0.0645 e. The lowest BCUT2D eigenvalue weighted by molar-refractivity contribution is 0.722. The number of nitrogens with zero attached hydrogens (tertiary/aromatic N) is 1. The van der Waals surface area contributed by atoms with Crippen molar-refractivity contribution in [3.8, 4) is 0 Å². The van der Waals surface area contributed by atoms with E-state index in [0.29, 0.717) is 6.04 Å². The SMILES string of the molecule is Clc1ccc2c(c1)NC[C@H]1CSCN21. The lowest BCUT2D eigenvalue weighted by Crippen LogP contribution is -2.40. The standard InChI is InChI=1S/C10H11ClN2S/c11-7-1-2-10-9(3-7)12-4-8-5-14-6-13(8)10/h1-3,8,12H,4-6H2/t8-/m0/s1. The van der Waals surface area contributed by atoms with Gasteiger partial charge in [-0.25, -0.2) is 0 Å². The summed E-state index contributed by atoms with van der Waals surface area (Å²) in [6.07, 6.45) is 0. The first kappa shape index (κ1) is 8.74. The van der Waals surface area contributed by atoms with Gasteiger partial charge in [0.15, 0.2) is 0 Å². The van der Waals surface area contributed by atoms with Crippen LogP contribution in [0.3, 0.4) is 0 Å². The van der Waals surface area contributed by atoms with Crippen LogP contribution in [0.25, 0.3) is 0 Å². The summed E-state index contributed by atoms with van der Waals surface area (Å²) in [4.78, 5) is 2.47. The van der Waals surface area contributed by atoms with Crippen LogP contribution in [0.2, 0.25) is 5.02 Å². The molecule has 2 aliphatic rings. The number of hydrogen-bond acceptors (Lipinski definition) is 3. The van der Waals surface area contributed by atoms with Crippen molar-refractivity contribution < 1.29 is 0 Å². The van der Waals surface area contributed by atoms with Gasteiger partial charge in [-0.05, 0) is 18.2 Å². The van der Waals surface area contributed by atoms with Crippen LogP contribution < -0.4 is 10.2 Å². The predicted molar refractivity (Wildman–Crippen MR) is 63.5 cm³/mol. The summed E-state index contributed by atoms with van der Waals surface area (Å²) >= 11 is 7.96. The lowest BCUT2D eigenvalue weighted by Gasteiger charge is -2.33.